The topological polar surface area (TPSA) is 81.9 Å². The summed E-state index contributed by atoms with van der Waals surface area (Å²) in [5, 5.41) is 15.0. The van der Waals surface area contributed by atoms with Gasteiger partial charge in [0, 0.05) is 10.6 Å². The molecule has 0 fully saturated rings. The number of para-hydroxylation sites is 1. The zero-order valence-corrected chi connectivity index (χ0v) is 17.7. The Morgan fingerprint density at radius 2 is 1.74 bits per heavy atom. The molecule has 0 aliphatic heterocycles. The average Bonchev–Trinajstić information content (AvgIpc) is 3.28. The van der Waals surface area contributed by atoms with E-state index in [1.54, 1.807) is 4.68 Å². The number of hydrogen-bond donors (Lipinski definition) is 1. The smallest absolute Gasteiger partial charge is 0.256 e. The van der Waals surface area contributed by atoms with Crippen molar-refractivity contribution in [2.75, 3.05) is 11.9 Å². The van der Waals surface area contributed by atoms with Gasteiger partial charge in [-0.3, -0.25) is 4.79 Å². The van der Waals surface area contributed by atoms with Gasteiger partial charge in [0.05, 0.1) is 23.6 Å². The molecule has 0 saturated carbocycles. The number of hydrogen-bond acceptors (Lipinski definition) is 6. The molecule has 0 radical (unpaired) electrons. The van der Waals surface area contributed by atoms with E-state index >= 15 is 0 Å². The highest BCUT2D eigenvalue weighted by atomic mass is 32.2. The van der Waals surface area contributed by atoms with Crippen molar-refractivity contribution >= 4 is 23.4 Å². The first-order valence-electron chi connectivity index (χ1n) is 9.83. The first-order valence-corrected chi connectivity index (χ1v) is 10.8. The molecule has 1 heterocycles. The van der Waals surface area contributed by atoms with Crippen LogP contribution < -0.4 is 10.1 Å². The molecule has 0 unspecified atom stereocenters. The summed E-state index contributed by atoms with van der Waals surface area (Å²) in [6.45, 7) is 2.53. The van der Waals surface area contributed by atoms with Crippen LogP contribution in [0, 0.1) is 0 Å². The molecule has 0 saturated heterocycles. The van der Waals surface area contributed by atoms with Crippen molar-refractivity contribution in [2.45, 2.75) is 17.6 Å². The maximum absolute atomic E-state index is 12.9. The lowest BCUT2D eigenvalue weighted by molar-refractivity contribution is 0.102. The minimum atomic E-state index is -0.171. The van der Waals surface area contributed by atoms with Crippen LogP contribution in [-0.2, 0) is 5.75 Å². The predicted molar refractivity (Wildman–Crippen MR) is 121 cm³/mol. The van der Waals surface area contributed by atoms with Crippen LogP contribution >= 0.6 is 11.8 Å². The maximum atomic E-state index is 12.9. The molecule has 1 amide bonds. The Bertz CT molecular complexity index is 1150. The molecular weight excluding hydrogens is 410 g/mol. The largest absolute Gasteiger partial charge is 0.494 e. The van der Waals surface area contributed by atoms with Crippen LogP contribution in [0.3, 0.4) is 0 Å². The SMILES string of the molecule is CCOc1ccc(NC(=O)c2ccccc2SCc2nnnn2-c2ccccc2)cc1. The third-order valence-electron chi connectivity index (χ3n) is 4.45. The minimum absolute atomic E-state index is 0.171. The summed E-state index contributed by atoms with van der Waals surface area (Å²) in [6.07, 6.45) is 0. The van der Waals surface area contributed by atoms with Crippen LogP contribution in [-0.4, -0.2) is 32.7 Å². The number of amides is 1. The van der Waals surface area contributed by atoms with Gasteiger partial charge in [-0.15, -0.1) is 16.9 Å². The van der Waals surface area contributed by atoms with Crippen molar-refractivity contribution in [3.63, 3.8) is 0 Å². The van der Waals surface area contributed by atoms with E-state index in [1.165, 1.54) is 11.8 Å². The first-order chi connectivity index (χ1) is 15.2. The van der Waals surface area contributed by atoms with E-state index in [0.29, 0.717) is 29.4 Å². The van der Waals surface area contributed by atoms with Crippen molar-refractivity contribution in [3.8, 4) is 11.4 Å². The number of benzene rings is 3. The summed E-state index contributed by atoms with van der Waals surface area (Å²) in [7, 11) is 0. The van der Waals surface area contributed by atoms with Gasteiger partial charge in [0.2, 0.25) is 0 Å². The highest BCUT2D eigenvalue weighted by molar-refractivity contribution is 7.98. The second-order valence-electron chi connectivity index (χ2n) is 6.54. The van der Waals surface area contributed by atoms with Crippen LogP contribution in [0.1, 0.15) is 23.1 Å². The third-order valence-corrected chi connectivity index (χ3v) is 5.52. The molecule has 156 valence electrons. The average molecular weight is 432 g/mol. The highest BCUT2D eigenvalue weighted by Crippen LogP contribution is 2.27. The molecule has 0 aliphatic rings. The van der Waals surface area contributed by atoms with Gasteiger partial charge >= 0.3 is 0 Å². The molecule has 1 N–H and O–H groups in total. The number of nitrogens with one attached hydrogen (secondary N) is 1. The van der Waals surface area contributed by atoms with Gasteiger partial charge in [-0.25, -0.2) is 0 Å². The molecular formula is C23H21N5O2S. The van der Waals surface area contributed by atoms with Crippen molar-refractivity contribution in [1.82, 2.24) is 20.2 Å². The lowest BCUT2D eigenvalue weighted by atomic mass is 10.2. The Morgan fingerprint density at radius 1 is 1.00 bits per heavy atom. The summed E-state index contributed by atoms with van der Waals surface area (Å²) in [6, 6.07) is 24.5. The summed E-state index contributed by atoms with van der Waals surface area (Å²) < 4.78 is 7.15. The molecule has 7 nitrogen and oxygen atoms in total. The number of carbonyl (C=O) groups is 1. The number of anilines is 1. The standard InChI is InChI=1S/C23H21N5O2S/c1-2-30-19-14-12-17(13-15-19)24-23(29)20-10-6-7-11-21(20)31-16-22-25-26-27-28(22)18-8-4-3-5-9-18/h3-15H,2,16H2,1H3,(H,24,29). The number of carbonyl (C=O) groups excluding carboxylic acids is 1. The Balaban J connectivity index is 1.47. The molecule has 4 rings (SSSR count). The van der Waals surface area contributed by atoms with Gasteiger partial charge < -0.3 is 10.1 Å². The normalized spacial score (nSPS) is 10.6. The summed E-state index contributed by atoms with van der Waals surface area (Å²) in [5.74, 6) is 1.83. The Labute approximate surface area is 184 Å². The van der Waals surface area contributed by atoms with E-state index in [0.717, 1.165) is 16.3 Å². The van der Waals surface area contributed by atoms with E-state index in [-0.39, 0.29) is 5.91 Å². The monoisotopic (exact) mass is 431 g/mol. The predicted octanol–water partition coefficient (Wildman–Crippen LogP) is 4.61. The van der Waals surface area contributed by atoms with Crippen LogP contribution in [0.15, 0.2) is 83.8 Å². The number of ether oxygens (including phenoxy) is 1. The lowest BCUT2D eigenvalue weighted by Crippen LogP contribution is -2.13. The highest BCUT2D eigenvalue weighted by Gasteiger charge is 2.14. The van der Waals surface area contributed by atoms with Crippen LogP contribution in [0.25, 0.3) is 5.69 Å². The minimum Gasteiger partial charge on any atom is -0.494 e. The van der Waals surface area contributed by atoms with Gasteiger partial charge in [0.15, 0.2) is 5.82 Å². The molecule has 8 heteroatoms. The Hall–Kier alpha value is -3.65. The quantitative estimate of drug-likeness (QED) is 0.411. The molecule has 0 atom stereocenters. The molecule has 0 spiro atoms. The van der Waals surface area contributed by atoms with E-state index in [2.05, 4.69) is 20.8 Å². The fraction of sp³-hybridized carbons (Fsp3) is 0.130. The van der Waals surface area contributed by atoms with Crippen LogP contribution in [0.2, 0.25) is 0 Å². The fourth-order valence-electron chi connectivity index (χ4n) is 2.99. The van der Waals surface area contributed by atoms with Gasteiger partial charge in [-0.1, -0.05) is 30.3 Å². The van der Waals surface area contributed by atoms with Crippen LogP contribution in [0.5, 0.6) is 5.75 Å². The molecule has 3 aromatic carbocycles. The summed E-state index contributed by atoms with van der Waals surface area (Å²) in [5.41, 5.74) is 2.20. The molecule has 0 bridgehead atoms. The molecule has 0 aliphatic carbocycles. The number of tetrazole rings is 1. The van der Waals surface area contributed by atoms with Crippen LogP contribution in [0.4, 0.5) is 5.69 Å². The Morgan fingerprint density at radius 3 is 2.52 bits per heavy atom. The van der Waals surface area contributed by atoms with Gasteiger partial charge in [0.1, 0.15) is 5.75 Å². The zero-order chi connectivity index (χ0) is 21.5. The first kappa shape index (κ1) is 20.6. The fourth-order valence-corrected chi connectivity index (χ4v) is 3.94. The van der Waals surface area contributed by atoms with Crippen molar-refractivity contribution in [1.29, 1.82) is 0 Å². The summed E-state index contributed by atoms with van der Waals surface area (Å²) >= 11 is 1.52. The lowest BCUT2D eigenvalue weighted by Gasteiger charge is -2.11. The van der Waals surface area contributed by atoms with Crippen molar-refractivity contribution in [3.05, 3.63) is 90.3 Å². The number of nitrogens with zero attached hydrogens (tertiary/aromatic N) is 4. The molecule has 31 heavy (non-hydrogen) atoms. The zero-order valence-electron chi connectivity index (χ0n) is 16.9. The molecule has 1 aromatic heterocycles. The molecule has 4 aromatic rings. The Kier molecular flexibility index (Phi) is 6.59. The van der Waals surface area contributed by atoms with E-state index in [4.69, 9.17) is 4.74 Å². The summed E-state index contributed by atoms with van der Waals surface area (Å²) in [4.78, 5) is 13.7. The second kappa shape index (κ2) is 9.90. The maximum Gasteiger partial charge on any atom is 0.256 e. The van der Waals surface area contributed by atoms with Crippen molar-refractivity contribution in [2.24, 2.45) is 0 Å². The third kappa shape index (κ3) is 5.10. The van der Waals surface area contributed by atoms with Gasteiger partial charge in [-0.05, 0) is 65.9 Å². The van der Waals surface area contributed by atoms with Gasteiger partial charge in [-0.2, -0.15) is 4.68 Å². The van der Waals surface area contributed by atoms with E-state index in [9.17, 15) is 4.79 Å². The number of aromatic nitrogens is 4. The number of rotatable bonds is 8. The van der Waals surface area contributed by atoms with E-state index < -0.39 is 0 Å². The van der Waals surface area contributed by atoms with Gasteiger partial charge in [0.25, 0.3) is 5.91 Å². The second-order valence-corrected chi connectivity index (χ2v) is 7.56. The van der Waals surface area contributed by atoms with E-state index in [1.807, 2.05) is 85.8 Å². The number of thioether (sulfide) groups is 1. The van der Waals surface area contributed by atoms with Crippen molar-refractivity contribution < 1.29 is 9.53 Å².